The van der Waals surface area contributed by atoms with Gasteiger partial charge in [-0.1, -0.05) is 13.3 Å². The van der Waals surface area contributed by atoms with Crippen LogP contribution in [-0.4, -0.2) is 22.9 Å². The van der Waals surface area contributed by atoms with Gasteiger partial charge in [-0.3, -0.25) is 14.4 Å². The molecule has 0 unspecified atom stereocenters. The molecule has 0 aliphatic heterocycles. The lowest BCUT2D eigenvalue weighted by molar-refractivity contribution is 0.0948. The molecular formula is C23H23F2N3O4. The van der Waals surface area contributed by atoms with Gasteiger partial charge >= 0.3 is 0 Å². The molecule has 0 bridgehead atoms. The lowest BCUT2D eigenvalue weighted by atomic mass is 10.1. The van der Waals surface area contributed by atoms with Gasteiger partial charge in [0.25, 0.3) is 11.8 Å². The van der Waals surface area contributed by atoms with Gasteiger partial charge in [-0.05, 0) is 36.2 Å². The van der Waals surface area contributed by atoms with Crippen LogP contribution in [0.1, 0.15) is 51.8 Å². The van der Waals surface area contributed by atoms with Crippen LogP contribution >= 0.6 is 0 Å². The predicted octanol–water partition coefficient (Wildman–Crippen LogP) is 3.23. The van der Waals surface area contributed by atoms with E-state index in [9.17, 15) is 23.2 Å². The van der Waals surface area contributed by atoms with E-state index in [2.05, 4.69) is 10.6 Å². The number of carbonyl (C=O) groups excluding carboxylic acids is 2. The maximum absolute atomic E-state index is 13.4. The number of hydrogen-bond donors (Lipinski definition) is 2. The Hall–Kier alpha value is -3.75. The van der Waals surface area contributed by atoms with Crippen LogP contribution in [0.25, 0.3) is 0 Å². The SMILES string of the molecule is CCCCNC(=O)c1cn(Cc2ccco2)cc(C(=O)NCc2cc(F)cc(F)c2)c1=O. The van der Waals surface area contributed by atoms with Crippen LogP contribution in [-0.2, 0) is 13.1 Å². The number of pyridine rings is 1. The van der Waals surface area contributed by atoms with Crippen LogP contribution < -0.4 is 16.1 Å². The molecule has 3 aromatic rings. The van der Waals surface area contributed by atoms with Gasteiger partial charge in [0, 0.05) is 31.5 Å². The fourth-order valence-corrected chi connectivity index (χ4v) is 3.09. The van der Waals surface area contributed by atoms with Crippen molar-refractivity contribution in [2.24, 2.45) is 0 Å². The molecule has 2 N–H and O–H groups in total. The smallest absolute Gasteiger partial charge is 0.257 e. The second kappa shape index (κ2) is 10.5. The van der Waals surface area contributed by atoms with Crippen molar-refractivity contribution in [3.05, 3.63) is 93.3 Å². The number of unbranched alkanes of at least 4 members (excludes halogenated alkanes) is 1. The first kappa shape index (κ1) is 22.9. The van der Waals surface area contributed by atoms with Crippen LogP contribution in [0.15, 0.2) is 58.2 Å². The van der Waals surface area contributed by atoms with Gasteiger partial charge in [-0.25, -0.2) is 8.78 Å². The van der Waals surface area contributed by atoms with E-state index in [4.69, 9.17) is 4.42 Å². The normalized spacial score (nSPS) is 10.7. The molecule has 0 saturated heterocycles. The number of amides is 2. The number of nitrogens with zero attached hydrogens (tertiary/aromatic N) is 1. The Morgan fingerprint density at radius 3 is 2.28 bits per heavy atom. The summed E-state index contributed by atoms with van der Waals surface area (Å²) in [6.45, 7) is 2.36. The van der Waals surface area contributed by atoms with Gasteiger partial charge in [0.15, 0.2) is 0 Å². The number of halogens is 2. The van der Waals surface area contributed by atoms with E-state index < -0.39 is 28.9 Å². The molecule has 0 fully saturated rings. The highest BCUT2D eigenvalue weighted by Gasteiger charge is 2.19. The number of hydrogen-bond acceptors (Lipinski definition) is 4. The third-order valence-corrected chi connectivity index (χ3v) is 4.68. The summed E-state index contributed by atoms with van der Waals surface area (Å²) in [5.74, 6) is -2.34. The Kier molecular flexibility index (Phi) is 7.54. The summed E-state index contributed by atoms with van der Waals surface area (Å²) in [5, 5.41) is 5.15. The minimum atomic E-state index is -0.777. The fourth-order valence-electron chi connectivity index (χ4n) is 3.09. The number of furan rings is 1. The summed E-state index contributed by atoms with van der Waals surface area (Å²) in [7, 11) is 0. The largest absolute Gasteiger partial charge is 0.467 e. The lowest BCUT2D eigenvalue weighted by Gasteiger charge is -2.12. The molecule has 0 aliphatic carbocycles. The Balaban J connectivity index is 1.87. The molecule has 9 heteroatoms. The van der Waals surface area contributed by atoms with Crippen LogP contribution in [0, 0.1) is 11.6 Å². The zero-order valence-corrected chi connectivity index (χ0v) is 17.5. The summed E-state index contributed by atoms with van der Waals surface area (Å²) < 4.78 is 33.6. The Labute approximate surface area is 183 Å². The highest BCUT2D eigenvalue weighted by Crippen LogP contribution is 2.09. The molecule has 1 aromatic carbocycles. The maximum atomic E-state index is 13.4. The maximum Gasteiger partial charge on any atom is 0.257 e. The van der Waals surface area contributed by atoms with Gasteiger partial charge in [-0.2, -0.15) is 0 Å². The van der Waals surface area contributed by atoms with Crippen LogP contribution in [0.3, 0.4) is 0 Å². The average Bonchev–Trinajstić information content (AvgIpc) is 3.25. The molecule has 32 heavy (non-hydrogen) atoms. The van der Waals surface area contributed by atoms with Crippen molar-refractivity contribution < 1.29 is 22.8 Å². The molecule has 2 heterocycles. The first-order chi connectivity index (χ1) is 15.4. The van der Waals surface area contributed by atoms with Crippen LogP contribution in [0.2, 0.25) is 0 Å². The van der Waals surface area contributed by atoms with Crippen molar-refractivity contribution in [3.8, 4) is 0 Å². The Morgan fingerprint density at radius 1 is 1.03 bits per heavy atom. The van der Waals surface area contributed by atoms with Crippen molar-refractivity contribution in [3.63, 3.8) is 0 Å². The molecule has 7 nitrogen and oxygen atoms in total. The summed E-state index contributed by atoms with van der Waals surface area (Å²) in [5.41, 5.74) is -0.994. The summed E-state index contributed by atoms with van der Waals surface area (Å²) >= 11 is 0. The minimum absolute atomic E-state index is 0.183. The van der Waals surface area contributed by atoms with Crippen molar-refractivity contribution in [2.75, 3.05) is 6.54 Å². The predicted molar refractivity (Wildman–Crippen MR) is 113 cm³/mol. The third kappa shape index (κ3) is 5.90. The fraction of sp³-hybridized carbons (Fsp3) is 0.261. The minimum Gasteiger partial charge on any atom is -0.467 e. The molecule has 168 valence electrons. The van der Waals surface area contributed by atoms with E-state index >= 15 is 0 Å². The van der Waals surface area contributed by atoms with Gasteiger partial charge in [0.05, 0.1) is 12.8 Å². The molecule has 2 aromatic heterocycles. The van der Waals surface area contributed by atoms with Gasteiger partial charge in [0.2, 0.25) is 5.43 Å². The molecule has 0 aliphatic rings. The Bertz CT molecular complexity index is 1140. The van der Waals surface area contributed by atoms with E-state index in [0.29, 0.717) is 12.3 Å². The number of nitrogens with one attached hydrogen (secondary N) is 2. The second-order valence-corrected chi connectivity index (χ2v) is 7.24. The number of rotatable bonds is 9. The Morgan fingerprint density at radius 2 is 1.69 bits per heavy atom. The topological polar surface area (TPSA) is 93.3 Å². The van der Waals surface area contributed by atoms with Crippen LogP contribution in [0.4, 0.5) is 8.78 Å². The molecular weight excluding hydrogens is 420 g/mol. The van der Waals surface area contributed by atoms with E-state index in [1.54, 1.807) is 12.1 Å². The number of aromatic nitrogens is 1. The highest BCUT2D eigenvalue weighted by molar-refractivity contribution is 5.99. The molecule has 0 saturated carbocycles. The van der Waals surface area contributed by atoms with Gasteiger partial charge in [-0.15, -0.1) is 0 Å². The van der Waals surface area contributed by atoms with Crippen molar-refractivity contribution in [2.45, 2.75) is 32.9 Å². The number of benzene rings is 1. The van der Waals surface area contributed by atoms with Crippen LogP contribution in [0.5, 0.6) is 0 Å². The zero-order valence-electron chi connectivity index (χ0n) is 17.5. The third-order valence-electron chi connectivity index (χ3n) is 4.68. The van der Waals surface area contributed by atoms with Gasteiger partial charge < -0.3 is 19.6 Å². The summed E-state index contributed by atoms with van der Waals surface area (Å²) in [6.07, 6.45) is 5.78. The monoisotopic (exact) mass is 443 g/mol. The van der Waals surface area contributed by atoms with E-state index in [0.717, 1.165) is 31.0 Å². The molecule has 2 amide bonds. The standard InChI is InChI=1S/C23H23F2N3O4/c1-2-3-6-26-22(30)19-13-28(12-18-5-4-7-32-18)14-20(21(19)29)23(31)27-11-15-8-16(24)10-17(25)9-15/h4-5,7-10,13-14H,2-3,6,11-12H2,1H3,(H,26,30)(H,27,31). The number of carbonyl (C=O) groups is 2. The highest BCUT2D eigenvalue weighted by atomic mass is 19.1. The van der Waals surface area contributed by atoms with E-state index in [1.165, 1.54) is 23.2 Å². The second-order valence-electron chi connectivity index (χ2n) is 7.24. The zero-order chi connectivity index (χ0) is 23.1. The lowest BCUT2D eigenvalue weighted by Crippen LogP contribution is -2.35. The molecule has 0 atom stereocenters. The van der Waals surface area contributed by atoms with E-state index in [-0.39, 0.29) is 29.8 Å². The average molecular weight is 443 g/mol. The van der Waals surface area contributed by atoms with Crippen molar-refractivity contribution >= 4 is 11.8 Å². The van der Waals surface area contributed by atoms with Gasteiger partial charge in [0.1, 0.15) is 28.5 Å². The summed E-state index contributed by atoms with van der Waals surface area (Å²) in [6, 6.07) is 6.30. The quantitative estimate of drug-likeness (QED) is 0.497. The van der Waals surface area contributed by atoms with Crippen molar-refractivity contribution in [1.29, 1.82) is 0 Å². The molecule has 3 rings (SSSR count). The van der Waals surface area contributed by atoms with E-state index in [1.807, 2.05) is 6.92 Å². The molecule has 0 radical (unpaired) electrons. The van der Waals surface area contributed by atoms with Crippen molar-refractivity contribution in [1.82, 2.24) is 15.2 Å². The molecule has 0 spiro atoms. The summed E-state index contributed by atoms with van der Waals surface area (Å²) in [4.78, 5) is 38.2. The first-order valence-corrected chi connectivity index (χ1v) is 10.1. The first-order valence-electron chi connectivity index (χ1n) is 10.1.